The van der Waals surface area contributed by atoms with Gasteiger partial charge in [0, 0.05) is 24.1 Å². The molecule has 1 aromatic heterocycles. The molecule has 0 amide bonds. The molecule has 1 heterocycles. The Kier molecular flexibility index (Phi) is 3.89. The Hall–Kier alpha value is -2.66. The van der Waals surface area contributed by atoms with E-state index in [-0.39, 0.29) is 11.8 Å². The summed E-state index contributed by atoms with van der Waals surface area (Å²) < 4.78 is 11.6. The van der Waals surface area contributed by atoms with Crippen LogP contribution in [-0.2, 0) is 4.74 Å². The van der Waals surface area contributed by atoms with E-state index in [9.17, 15) is 10.1 Å². The number of fused-ring (bicyclic) bond motifs is 1. The molecule has 3 rings (SSSR count). The average molecular weight is 297 g/mol. The minimum absolute atomic E-state index is 0.0486. The van der Waals surface area contributed by atoms with E-state index in [1.165, 1.54) is 12.1 Å². The minimum Gasteiger partial charge on any atom is -0.458 e. The van der Waals surface area contributed by atoms with Gasteiger partial charge in [-0.2, -0.15) is 0 Å². The van der Waals surface area contributed by atoms with Crippen LogP contribution >= 0.6 is 0 Å². The van der Waals surface area contributed by atoms with Gasteiger partial charge in [0.1, 0.15) is 17.4 Å². The molecular formula is C17H15NO4. The summed E-state index contributed by atoms with van der Waals surface area (Å²) in [6.45, 7) is 2.46. The van der Waals surface area contributed by atoms with Crippen LogP contribution in [0.5, 0.6) is 0 Å². The topological polar surface area (TPSA) is 65.5 Å². The van der Waals surface area contributed by atoms with Gasteiger partial charge in [0.25, 0.3) is 5.69 Å². The van der Waals surface area contributed by atoms with E-state index < -0.39 is 4.92 Å². The first kappa shape index (κ1) is 14.3. The second-order valence-electron chi connectivity index (χ2n) is 4.87. The molecule has 5 nitrogen and oxygen atoms in total. The highest BCUT2D eigenvalue weighted by Gasteiger charge is 2.19. The third-order valence-corrected chi connectivity index (χ3v) is 3.42. The number of furan rings is 1. The van der Waals surface area contributed by atoms with Gasteiger partial charge in [-0.3, -0.25) is 10.1 Å². The molecule has 0 bridgehead atoms. The molecule has 2 aromatic carbocycles. The summed E-state index contributed by atoms with van der Waals surface area (Å²) in [6.07, 6.45) is -0.322. The summed E-state index contributed by atoms with van der Waals surface area (Å²) in [6, 6.07) is 16.1. The third-order valence-electron chi connectivity index (χ3n) is 3.42. The maximum atomic E-state index is 10.9. The quantitative estimate of drug-likeness (QED) is 0.515. The highest BCUT2D eigenvalue weighted by molar-refractivity contribution is 5.80. The summed E-state index contributed by atoms with van der Waals surface area (Å²) in [5, 5.41) is 11.6. The van der Waals surface area contributed by atoms with Crippen molar-refractivity contribution in [1.82, 2.24) is 0 Å². The van der Waals surface area contributed by atoms with Gasteiger partial charge in [-0.25, -0.2) is 0 Å². The number of nitro groups is 1. The Balaban J connectivity index is 2.04. The molecule has 0 aliphatic heterocycles. The van der Waals surface area contributed by atoms with Crippen molar-refractivity contribution in [3.8, 4) is 0 Å². The first-order valence-electron chi connectivity index (χ1n) is 7.03. The van der Waals surface area contributed by atoms with Gasteiger partial charge in [0.2, 0.25) is 0 Å². The predicted molar refractivity (Wildman–Crippen MR) is 82.8 cm³/mol. The highest BCUT2D eigenvalue weighted by atomic mass is 16.6. The van der Waals surface area contributed by atoms with E-state index in [4.69, 9.17) is 9.15 Å². The number of benzene rings is 2. The fraction of sp³-hybridized carbons (Fsp3) is 0.176. The zero-order valence-corrected chi connectivity index (χ0v) is 12.1. The summed E-state index contributed by atoms with van der Waals surface area (Å²) in [4.78, 5) is 10.4. The Morgan fingerprint density at radius 1 is 1.18 bits per heavy atom. The van der Waals surface area contributed by atoms with Crippen LogP contribution in [0.25, 0.3) is 11.0 Å². The summed E-state index contributed by atoms with van der Waals surface area (Å²) >= 11 is 0. The van der Waals surface area contributed by atoms with Gasteiger partial charge in [-0.15, -0.1) is 0 Å². The summed E-state index contributed by atoms with van der Waals surface area (Å²) in [7, 11) is 0. The lowest BCUT2D eigenvalue weighted by Gasteiger charge is -2.14. The van der Waals surface area contributed by atoms with Crippen molar-refractivity contribution >= 4 is 16.7 Å². The number of non-ortho nitro benzene ring substituents is 1. The lowest BCUT2D eigenvalue weighted by Crippen LogP contribution is -2.04. The van der Waals surface area contributed by atoms with E-state index in [0.717, 1.165) is 5.56 Å². The molecule has 0 spiro atoms. The van der Waals surface area contributed by atoms with Crippen LogP contribution in [0.3, 0.4) is 0 Å². The molecule has 0 aliphatic rings. The average Bonchev–Trinajstić information content (AvgIpc) is 2.96. The van der Waals surface area contributed by atoms with Crippen LogP contribution in [0, 0.1) is 10.1 Å². The van der Waals surface area contributed by atoms with Gasteiger partial charge in [0.05, 0.1) is 4.92 Å². The predicted octanol–water partition coefficient (Wildman–Crippen LogP) is 4.47. The smallest absolute Gasteiger partial charge is 0.270 e. The van der Waals surface area contributed by atoms with Crippen LogP contribution < -0.4 is 0 Å². The van der Waals surface area contributed by atoms with Crippen LogP contribution in [0.4, 0.5) is 5.69 Å². The second-order valence-corrected chi connectivity index (χ2v) is 4.87. The molecule has 0 saturated heterocycles. The first-order valence-corrected chi connectivity index (χ1v) is 7.03. The van der Waals surface area contributed by atoms with Crippen molar-refractivity contribution in [3.63, 3.8) is 0 Å². The Bertz CT molecular complexity index is 795. The Morgan fingerprint density at radius 2 is 1.95 bits per heavy atom. The van der Waals surface area contributed by atoms with Gasteiger partial charge in [0.15, 0.2) is 0 Å². The van der Waals surface area contributed by atoms with E-state index in [1.54, 1.807) is 12.1 Å². The van der Waals surface area contributed by atoms with Crippen molar-refractivity contribution in [2.24, 2.45) is 0 Å². The maximum Gasteiger partial charge on any atom is 0.270 e. The van der Waals surface area contributed by atoms with Crippen molar-refractivity contribution in [2.75, 3.05) is 6.61 Å². The fourth-order valence-corrected chi connectivity index (χ4v) is 2.43. The number of rotatable bonds is 5. The van der Waals surface area contributed by atoms with E-state index in [1.807, 2.05) is 37.3 Å². The van der Waals surface area contributed by atoms with Gasteiger partial charge in [-0.05, 0) is 24.6 Å². The standard InChI is InChI=1S/C17H15NO4/c1-2-21-17(12-6-4-3-5-7-12)16-11-13-10-14(18(19)20)8-9-15(13)22-16/h3-11,17H,2H2,1H3. The number of hydrogen-bond donors (Lipinski definition) is 0. The number of nitrogens with zero attached hydrogens (tertiary/aromatic N) is 1. The molecule has 3 aromatic rings. The number of nitro benzene ring substituents is 1. The lowest BCUT2D eigenvalue weighted by molar-refractivity contribution is -0.384. The van der Waals surface area contributed by atoms with Crippen molar-refractivity contribution in [3.05, 3.63) is 76.0 Å². The lowest BCUT2D eigenvalue weighted by atomic mass is 10.1. The van der Waals surface area contributed by atoms with E-state index >= 15 is 0 Å². The molecule has 0 radical (unpaired) electrons. The van der Waals surface area contributed by atoms with E-state index in [0.29, 0.717) is 23.3 Å². The highest BCUT2D eigenvalue weighted by Crippen LogP contribution is 2.32. The van der Waals surface area contributed by atoms with Crippen molar-refractivity contribution < 1.29 is 14.1 Å². The maximum absolute atomic E-state index is 10.9. The van der Waals surface area contributed by atoms with Crippen molar-refractivity contribution in [1.29, 1.82) is 0 Å². The molecule has 0 fully saturated rings. The number of ether oxygens (including phenoxy) is 1. The van der Waals surface area contributed by atoms with Gasteiger partial charge in [-0.1, -0.05) is 30.3 Å². The molecule has 1 atom stereocenters. The second kappa shape index (κ2) is 5.99. The summed E-state index contributed by atoms with van der Waals surface area (Å²) in [5.74, 6) is 0.642. The van der Waals surface area contributed by atoms with Crippen LogP contribution in [-0.4, -0.2) is 11.5 Å². The molecule has 0 N–H and O–H groups in total. The van der Waals surface area contributed by atoms with Gasteiger partial charge < -0.3 is 9.15 Å². The molecule has 112 valence electrons. The minimum atomic E-state index is -0.413. The summed E-state index contributed by atoms with van der Waals surface area (Å²) in [5.41, 5.74) is 1.65. The number of hydrogen-bond acceptors (Lipinski definition) is 4. The van der Waals surface area contributed by atoms with Gasteiger partial charge >= 0.3 is 0 Å². The molecular weight excluding hydrogens is 282 g/mol. The molecule has 0 aliphatic carbocycles. The SMILES string of the molecule is CCOC(c1ccccc1)c1cc2cc([N+](=O)[O-])ccc2o1. The first-order chi connectivity index (χ1) is 10.7. The van der Waals surface area contributed by atoms with Crippen LogP contribution in [0.15, 0.2) is 59.0 Å². The molecule has 5 heteroatoms. The zero-order chi connectivity index (χ0) is 15.5. The fourth-order valence-electron chi connectivity index (χ4n) is 2.43. The monoisotopic (exact) mass is 297 g/mol. The zero-order valence-electron chi connectivity index (χ0n) is 12.1. The molecule has 0 saturated carbocycles. The third kappa shape index (κ3) is 2.71. The largest absolute Gasteiger partial charge is 0.458 e. The van der Waals surface area contributed by atoms with Crippen LogP contribution in [0.1, 0.15) is 24.4 Å². The normalized spacial score (nSPS) is 12.4. The Morgan fingerprint density at radius 3 is 2.64 bits per heavy atom. The Labute approximate surface area is 127 Å². The van der Waals surface area contributed by atoms with Crippen LogP contribution in [0.2, 0.25) is 0 Å². The molecule has 1 unspecified atom stereocenters. The van der Waals surface area contributed by atoms with E-state index in [2.05, 4.69) is 0 Å². The molecule has 22 heavy (non-hydrogen) atoms. The van der Waals surface area contributed by atoms with Crippen molar-refractivity contribution in [2.45, 2.75) is 13.0 Å².